The molecule has 0 heterocycles. The van der Waals surface area contributed by atoms with Crippen molar-refractivity contribution in [1.82, 2.24) is 0 Å². The van der Waals surface area contributed by atoms with E-state index in [9.17, 15) is 16.8 Å². The van der Waals surface area contributed by atoms with E-state index in [4.69, 9.17) is 4.74 Å². The van der Waals surface area contributed by atoms with Crippen LogP contribution in [0.5, 0.6) is 5.75 Å². The summed E-state index contributed by atoms with van der Waals surface area (Å²) in [6, 6.07) is 18.1. The Morgan fingerprint density at radius 3 is 1.85 bits per heavy atom. The Bertz CT molecular complexity index is 1160. The molecule has 0 atom stereocenters. The molecule has 0 unspecified atom stereocenters. The lowest BCUT2D eigenvalue weighted by Crippen LogP contribution is -2.12. The average Bonchev–Trinajstić information content (AvgIpc) is 2.68. The van der Waals surface area contributed by atoms with Gasteiger partial charge in [0.1, 0.15) is 10.6 Å². The fourth-order valence-electron chi connectivity index (χ4n) is 2.69. The van der Waals surface area contributed by atoms with Crippen molar-refractivity contribution >= 4 is 19.7 Å². The van der Waals surface area contributed by atoms with Crippen molar-refractivity contribution < 1.29 is 21.6 Å². The van der Waals surface area contributed by atoms with E-state index in [2.05, 4.69) is 0 Å². The van der Waals surface area contributed by atoms with E-state index in [0.717, 1.165) is 5.56 Å². The van der Waals surface area contributed by atoms with Crippen molar-refractivity contribution in [1.29, 1.82) is 0 Å². The van der Waals surface area contributed by atoms with Crippen LogP contribution in [0.2, 0.25) is 0 Å². The van der Waals surface area contributed by atoms with E-state index in [0.29, 0.717) is 0 Å². The molecule has 0 radical (unpaired) electrons. The van der Waals surface area contributed by atoms with Gasteiger partial charge in [0, 0.05) is 0 Å². The Hall–Kier alpha value is -2.64. The molecule has 0 spiro atoms. The van der Waals surface area contributed by atoms with Gasteiger partial charge >= 0.3 is 0 Å². The highest BCUT2D eigenvalue weighted by Gasteiger charge is 2.32. The topological polar surface area (TPSA) is 77.5 Å². The van der Waals surface area contributed by atoms with Gasteiger partial charge in [0.25, 0.3) is 0 Å². The second kappa shape index (κ2) is 7.17. The first kappa shape index (κ1) is 19.1. The molecule has 3 rings (SSSR count). The molecular formula is C20H18O5S2. The van der Waals surface area contributed by atoms with Gasteiger partial charge in [0.05, 0.1) is 21.8 Å². The Labute approximate surface area is 159 Å². The fourth-order valence-corrected chi connectivity index (χ4v) is 6.20. The molecule has 0 aromatic heterocycles. The summed E-state index contributed by atoms with van der Waals surface area (Å²) in [6.07, 6.45) is 0. The van der Waals surface area contributed by atoms with Crippen LogP contribution in [-0.4, -0.2) is 23.9 Å². The summed E-state index contributed by atoms with van der Waals surface area (Å²) >= 11 is 0. The zero-order chi connectivity index (χ0) is 19.7. The molecule has 5 nitrogen and oxygen atoms in total. The predicted molar refractivity (Wildman–Crippen MR) is 102 cm³/mol. The maximum Gasteiger partial charge on any atom is 0.211 e. The van der Waals surface area contributed by atoms with Crippen LogP contribution in [0.15, 0.2) is 92.4 Å². The first-order valence-electron chi connectivity index (χ1n) is 8.07. The standard InChI is InChI=1S/C20H18O5S2/c1-15-11-13-17(14-12-15)27(23,24)20-18(25-2)9-6-10-19(20)26(21,22)16-7-4-3-5-8-16/h3-14H,1-2H3. The van der Waals surface area contributed by atoms with Gasteiger partial charge in [0.15, 0.2) is 0 Å². The van der Waals surface area contributed by atoms with Gasteiger partial charge in [0.2, 0.25) is 19.7 Å². The first-order valence-corrected chi connectivity index (χ1v) is 11.0. The summed E-state index contributed by atoms with van der Waals surface area (Å²) in [5.74, 6) is -0.0208. The number of hydrogen-bond acceptors (Lipinski definition) is 5. The Morgan fingerprint density at radius 2 is 1.26 bits per heavy atom. The molecule has 27 heavy (non-hydrogen) atoms. The molecule has 0 saturated carbocycles. The summed E-state index contributed by atoms with van der Waals surface area (Å²) in [6.45, 7) is 1.84. The van der Waals surface area contributed by atoms with Crippen molar-refractivity contribution in [2.24, 2.45) is 0 Å². The summed E-state index contributed by atoms with van der Waals surface area (Å²) in [5.41, 5.74) is 0.895. The monoisotopic (exact) mass is 402 g/mol. The normalized spacial score (nSPS) is 11.9. The van der Waals surface area contributed by atoms with Gasteiger partial charge in [-0.25, -0.2) is 16.8 Å². The minimum absolute atomic E-state index is 0.00196. The minimum Gasteiger partial charge on any atom is -0.495 e. The quantitative estimate of drug-likeness (QED) is 0.651. The van der Waals surface area contributed by atoms with Crippen LogP contribution in [0.1, 0.15) is 5.56 Å². The van der Waals surface area contributed by atoms with E-state index in [1.165, 1.54) is 49.6 Å². The lowest BCUT2D eigenvalue weighted by Gasteiger charge is -2.15. The number of hydrogen-bond donors (Lipinski definition) is 0. The highest BCUT2D eigenvalue weighted by Crippen LogP contribution is 2.37. The lowest BCUT2D eigenvalue weighted by atomic mass is 10.2. The number of aryl methyl sites for hydroxylation is 1. The van der Waals surface area contributed by atoms with Crippen LogP contribution in [0.4, 0.5) is 0 Å². The SMILES string of the molecule is COc1cccc(S(=O)(=O)c2ccccc2)c1S(=O)(=O)c1ccc(C)cc1. The van der Waals surface area contributed by atoms with Crippen LogP contribution >= 0.6 is 0 Å². The zero-order valence-corrected chi connectivity index (χ0v) is 16.4. The zero-order valence-electron chi connectivity index (χ0n) is 14.8. The third kappa shape index (κ3) is 3.48. The van der Waals surface area contributed by atoms with Crippen molar-refractivity contribution in [2.45, 2.75) is 26.5 Å². The van der Waals surface area contributed by atoms with Crippen molar-refractivity contribution in [3.05, 3.63) is 78.4 Å². The number of ether oxygens (including phenoxy) is 1. The molecule has 0 amide bonds. The number of methoxy groups -OCH3 is 1. The third-order valence-electron chi connectivity index (χ3n) is 4.11. The van der Waals surface area contributed by atoms with Gasteiger partial charge in [-0.2, -0.15) is 0 Å². The molecule has 0 fully saturated rings. The summed E-state index contributed by atoms with van der Waals surface area (Å²) in [4.78, 5) is -0.658. The molecule has 0 aliphatic rings. The summed E-state index contributed by atoms with van der Waals surface area (Å²) < 4.78 is 58.0. The molecule has 0 N–H and O–H groups in total. The first-order chi connectivity index (χ1) is 12.8. The largest absolute Gasteiger partial charge is 0.495 e. The maximum atomic E-state index is 13.3. The molecule has 0 aliphatic heterocycles. The third-order valence-corrected chi connectivity index (χ3v) is 7.90. The van der Waals surface area contributed by atoms with E-state index in [-0.39, 0.29) is 25.3 Å². The van der Waals surface area contributed by atoms with Crippen LogP contribution in [0, 0.1) is 6.92 Å². The van der Waals surface area contributed by atoms with Crippen molar-refractivity contribution in [3.63, 3.8) is 0 Å². The molecule has 3 aromatic rings. The number of rotatable bonds is 5. The Kier molecular flexibility index (Phi) is 5.08. The molecule has 7 heteroatoms. The number of sulfone groups is 2. The van der Waals surface area contributed by atoms with Crippen LogP contribution in [-0.2, 0) is 19.7 Å². The molecule has 0 bridgehead atoms. The van der Waals surface area contributed by atoms with E-state index in [1.54, 1.807) is 30.3 Å². The van der Waals surface area contributed by atoms with E-state index >= 15 is 0 Å². The van der Waals surface area contributed by atoms with Crippen LogP contribution in [0.25, 0.3) is 0 Å². The summed E-state index contributed by atoms with van der Waals surface area (Å²) in [7, 11) is -6.88. The molecule has 3 aromatic carbocycles. The molecule has 0 aliphatic carbocycles. The van der Waals surface area contributed by atoms with Crippen molar-refractivity contribution in [3.8, 4) is 5.75 Å². The van der Waals surface area contributed by atoms with Gasteiger partial charge in [-0.1, -0.05) is 42.0 Å². The summed E-state index contributed by atoms with van der Waals surface area (Å²) in [5, 5.41) is 0. The van der Waals surface area contributed by atoms with Crippen molar-refractivity contribution in [2.75, 3.05) is 7.11 Å². The highest BCUT2D eigenvalue weighted by atomic mass is 32.2. The van der Waals surface area contributed by atoms with Crippen LogP contribution in [0.3, 0.4) is 0 Å². The molecule has 0 saturated heterocycles. The minimum atomic E-state index is -4.12. The van der Waals surface area contributed by atoms with E-state index < -0.39 is 19.7 Å². The predicted octanol–water partition coefficient (Wildman–Crippen LogP) is 3.67. The van der Waals surface area contributed by atoms with E-state index in [1.807, 2.05) is 6.92 Å². The smallest absolute Gasteiger partial charge is 0.211 e. The lowest BCUT2D eigenvalue weighted by molar-refractivity contribution is 0.399. The second-order valence-electron chi connectivity index (χ2n) is 5.92. The Morgan fingerprint density at radius 1 is 0.667 bits per heavy atom. The van der Waals surface area contributed by atoms with Gasteiger partial charge in [-0.05, 0) is 43.3 Å². The van der Waals surface area contributed by atoms with Gasteiger partial charge < -0.3 is 4.74 Å². The Balaban J connectivity index is 2.32. The maximum absolute atomic E-state index is 13.3. The molecule has 140 valence electrons. The van der Waals surface area contributed by atoms with Crippen LogP contribution < -0.4 is 4.74 Å². The van der Waals surface area contributed by atoms with Gasteiger partial charge in [-0.3, -0.25) is 0 Å². The highest BCUT2D eigenvalue weighted by molar-refractivity contribution is 7.94. The second-order valence-corrected chi connectivity index (χ2v) is 9.73. The molecular weight excluding hydrogens is 384 g/mol. The fraction of sp³-hybridized carbons (Fsp3) is 0.100. The average molecular weight is 402 g/mol. The number of benzene rings is 3. The van der Waals surface area contributed by atoms with Gasteiger partial charge in [-0.15, -0.1) is 0 Å².